The van der Waals surface area contributed by atoms with Crippen LogP contribution in [0.3, 0.4) is 0 Å². The number of nitrogens with zero attached hydrogens (tertiary/aromatic N) is 1. The summed E-state index contributed by atoms with van der Waals surface area (Å²) in [5.41, 5.74) is 3.06. The Morgan fingerprint density at radius 2 is 1.80 bits per heavy atom. The average Bonchev–Trinajstić information content (AvgIpc) is 3.00. The molecule has 2 aromatic carbocycles. The Labute approximate surface area is 150 Å². The lowest BCUT2D eigenvalue weighted by atomic mass is 10.2. The molecule has 0 aliphatic rings. The molecule has 0 aliphatic heterocycles. The first kappa shape index (κ1) is 17.1. The second-order valence-corrected chi connectivity index (χ2v) is 6.83. The minimum Gasteiger partial charge on any atom is -0.352 e. The van der Waals surface area contributed by atoms with Gasteiger partial charge in [0.1, 0.15) is 0 Å². The standard InChI is InChI=1S/C19H19N3O2S/c1-13-7-8-15-16(11-13)25-19(21-15)22-18(24)10-9-17(23)20-12-14-5-3-2-4-6-14/h2-8,11H,9-10,12H2,1H3,(H,20,23)(H,21,22,24). The molecule has 5 nitrogen and oxygen atoms in total. The molecule has 2 amide bonds. The molecule has 0 saturated heterocycles. The van der Waals surface area contributed by atoms with Crippen LogP contribution in [0.15, 0.2) is 48.5 Å². The number of benzene rings is 2. The summed E-state index contributed by atoms with van der Waals surface area (Å²) >= 11 is 1.44. The van der Waals surface area contributed by atoms with Gasteiger partial charge in [0, 0.05) is 19.4 Å². The SMILES string of the molecule is Cc1ccc2nc(NC(=O)CCC(=O)NCc3ccccc3)sc2c1. The first-order chi connectivity index (χ1) is 12.1. The van der Waals surface area contributed by atoms with Gasteiger partial charge in [-0.3, -0.25) is 9.59 Å². The van der Waals surface area contributed by atoms with E-state index in [0.717, 1.165) is 21.3 Å². The Morgan fingerprint density at radius 1 is 1.04 bits per heavy atom. The highest BCUT2D eigenvalue weighted by molar-refractivity contribution is 7.22. The van der Waals surface area contributed by atoms with E-state index in [1.54, 1.807) is 0 Å². The minimum absolute atomic E-state index is 0.135. The zero-order valence-corrected chi connectivity index (χ0v) is 14.7. The minimum atomic E-state index is -0.203. The smallest absolute Gasteiger partial charge is 0.226 e. The summed E-state index contributed by atoms with van der Waals surface area (Å²) in [7, 11) is 0. The van der Waals surface area contributed by atoms with Crippen molar-refractivity contribution in [2.24, 2.45) is 0 Å². The van der Waals surface area contributed by atoms with Crippen molar-refractivity contribution in [1.82, 2.24) is 10.3 Å². The number of amides is 2. The van der Waals surface area contributed by atoms with Gasteiger partial charge in [-0.2, -0.15) is 0 Å². The molecule has 3 rings (SSSR count). The molecule has 0 saturated carbocycles. The zero-order valence-electron chi connectivity index (χ0n) is 13.9. The topological polar surface area (TPSA) is 71.1 Å². The number of hydrogen-bond donors (Lipinski definition) is 2. The van der Waals surface area contributed by atoms with E-state index in [1.807, 2.05) is 55.5 Å². The fraction of sp³-hybridized carbons (Fsp3) is 0.211. The molecule has 0 bridgehead atoms. The van der Waals surface area contributed by atoms with Gasteiger partial charge in [-0.05, 0) is 30.2 Å². The maximum absolute atomic E-state index is 12.0. The van der Waals surface area contributed by atoms with E-state index in [-0.39, 0.29) is 24.7 Å². The number of aryl methyl sites for hydroxylation is 1. The maximum atomic E-state index is 12.0. The van der Waals surface area contributed by atoms with Gasteiger partial charge in [0.05, 0.1) is 10.2 Å². The molecule has 0 aliphatic carbocycles. The van der Waals surface area contributed by atoms with Gasteiger partial charge in [-0.1, -0.05) is 47.7 Å². The largest absolute Gasteiger partial charge is 0.352 e. The molecule has 0 spiro atoms. The number of hydrogen-bond acceptors (Lipinski definition) is 4. The molecule has 2 N–H and O–H groups in total. The second-order valence-electron chi connectivity index (χ2n) is 5.80. The number of fused-ring (bicyclic) bond motifs is 1. The van der Waals surface area contributed by atoms with E-state index in [2.05, 4.69) is 15.6 Å². The third kappa shape index (κ3) is 4.87. The van der Waals surface area contributed by atoms with Crippen molar-refractivity contribution in [3.63, 3.8) is 0 Å². The van der Waals surface area contributed by atoms with Crippen LogP contribution in [0.5, 0.6) is 0 Å². The Balaban J connectivity index is 1.46. The number of rotatable bonds is 6. The molecule has 1 aromatic heterocycles. The van der Waals surface area contributed by atoms with E-state index in [0.29, 0.717) is 11.7 Å². The fourth-order valence-electron chi connectivity index (χ4n) is 2.38. The number of thiazole rings is 1. The Bertz CT molecular complexity index is 890. The summed E-state index contributed by atoms with van der Waals surface area (Å²) < 4.78 is 1.04. The molecule has 25 heavy (non-hydrogen) atoms. The van der Waals surface area contributed by atoms with Crippen molar-refractivity contribution in [2.75, 3.05) is 5.32 Å². The van der Waals surface area contributed by atoms with E-state index in [4.69, 9.17) is 0 Å². The van der Waals surface area contributed by atoms with Gasteiger partial charge in [-0.25, -0.2) is 4.98 Å². The van der Waals surface area contributed by atoms with Crippen LogP contribution < -0.4 is 10.6 Å². The van der Waals surface area contributed by atoms with Crippen LogP contribution in [0, 0.1) is 6.92 Å². The lowest BCUT2D eigenvalue weighted by Crippen LogP contribution is -2.24. The molecule has 6 heteroatoms. The summed E-state index contributed by atoms with van der Waals surface area (Å²) in [6.07, 6.45) is 0.290. The number of aromatic nitrogens is 1. The van der Waals surface area contributed by atoms with E-state index in [1.165, 1.54) is 11.3 Å². The van der Waals surface area contributed by atoms with Crippen molar-refractivity contribution in [3.8, 4) is 0 Å². The predicted octanol–water partition coefficient (Wildman–Crippen LogP) is 3.64. The van der Waals surface area contributed by atoms with Crippen LogP contribution in [0.4, 0.5) is 5.13 Å². The van der Waals surface area contributed by atoms with Crippen LogP contribution in [0.2, 0.25) is 0 Å². The van der Waals surface area contributed by atoms with E-state index >= 15 is 0 Å². The second kappa shape index (κ2) is 7.90. The fourth-order valence-corrected chi connectivity index (χ4v) is 3.36. The third-order valence-electron chi connectivity index (χ3n) is 3.70. The average molecular weight is 353 g/mol. The molecule has 0 radical (unpaired) electrons. The lowest BCUT2D eigenvalue weighted by molar-refractivity contribution is -0.124. The molecule has 1 heterocycles. The molecule has 0 unspecified atom stereocenters. The molecule has 128 valence electrons. The van der Waals surface area contributed by atoms with Crippen molar-refractivity contribution in [2.45, 2.75) is 26.3 Å². The normalized spacial score (nSPS) is 10.6. The van der Waals surface area contributed by atoms with Gasteiger partial charge >= 0.3 is 0 Å². The maximum Gasteiger partial charge on any atom is 0.226 e. The monoisotopic (exact) mass is 353 g/mol. The number of nitrogens with one attached hydrogen (secondary N) is 2. The Hall–Kier alpha value is -2.73. The highest BCUT2D eigenvalue weighted by Crippen LogP contribution is 2.26. The first-order valence-corrected chi connectivity index (χ1v) is 8.89. The number of anilines is 1. The molecule has 0 fully saturated rings. The van der Waals surface area contributed by atoms with Crippen LogP contribution in [-0.4, -0.2) is 16.8 Å². The van der Waals surface area contributed by atoms with Crippen LogP contribution >= 0.6 is 11.3 Å². The number of carbonyl (C=O) groups excluding carboxylic acids is 2. The summed E-state index contributed by atoms with van der Waals surface area (Å²) in [5.74, 6) is -0.343. The van der Waals surface area contributed by atoms with E-state index < -0.39 is 0 Å². The number of carbonyl (C=O) groups is 2. The first-order valence-electron chi connectivity index (χ1n) is 8.08. The van der Waals surface area contributed by atoms with Crippen LogP contribution in [0.25, 0.3) is 10.2 Å². The Morgan fingerprint density at radius 3 is 2.60 bits per heavy atom. The predicted molar refractivity (Wildman–Crippen MR) is 101 cm³/mol. The van der Waals surface area contributed by atoms with Crippen molar-refractivity contribution in [3.05, 3.63) is 59.7 Å². The van der Waals surface area contributed by atoms with Crippen LogP contribution in [0.1, 0.15) is 24.0 Å². The third-order valence-corrected chi connectivity index (χ3v) is 4.64. The Kier molecular flexibility index (Phi) is 5.40. The van der Waals surface area contributed by atoms with Gasteiger partial charge < -0.3 is 10.6 Å². The zero-order chi connectivity index (χ0) is 17.6. The summed E-state index contributed by atoms with van der Waals surface area (Å²) in [5, 5.41) is 6.15. The molecule has 0 atom stereocenters. The van der Waals surface area contributed by atoms with Gasteiger partial charge in [-0.15, -0.1) is 0 Å². The molecular weight excluding hydrogens is 334 g/mol. The molecular formula is C19H19N3O2S. The lowest BCUT2D eigenvalue weighted by Gasteiger charge is -2.05. The van der Waals surface area contributed by atoms with E-state index in [9.17, 15) is 9.59 Å². The van der Waals surface area contributed by atoms with Crippen LogP contribution in [-0.2, 0) is 16.1 Å². The van der Waals surface area contributed by atoms with Crippen molar-refractivity contribution < 1.29 is 9.59 Å². The quantitative estimate of drug-likeness (QED) is 0.711. The van der Waals surface area contributed by atoms with Gasteiger partial charge in [0.2, 0.25) is 11.8 Å². The summed E-state index contributed by atoms with van der Waals surface area (Å²) in [6.45, 7) is 2.49. The van der Waals surface area contributed by atoms with Crippen molar-refractivity contribution in [1.29, 1.82) is 0 Å². The van der Waals surface area contributed by atoms with Crippen molar-refractivity contribution >= 4 is 38.5 Å². The summed E-state index contributed by atoms with van der Waals surface area (Å²) in [4.78, 5) is 28.2. The van der Waals surface area contributed by atoms with Gasteiger partial charge in [0.15, 0.2) is 5.13 Å². The summed E-state index contributed by atoms with van der Waals surface area (Å²) in [6, 6.07) is 15.6. The highest BCUT2D eigenvalue weighted by atomic mass is 32.1. The highest BCUT2D eigenvalue weighted by Gasteiger charge is 2.10. The van der Waals surface area contributed by atoms with Gasteiger partial charge in [0.25, 0.3) is 0 Å². The molecule has 3 aromatic rings.